The molecule has 0 bridgehead atoms. The molecule has 0 radical (unpaired) electrons. The van der Waals surface area contributed by atoms with Crippen LogP contribution < -0.4 is 10.6 Å². The average Bonchev–Trinajstić information content (AvgIpc) is 3.68. The number of hydrogen-bond donors (Lipinski definition) is 3. The molecule has 0 aliphatic carbocycles. The molecule has 0 saturated carbocycles. The van der Waals surface area contributed by atoms with Crippen molar-refractivity contribution in [2.45, 2.75) is 49.7 Å². The first-order valence-electron chi connectivity index (χ1n) is 18.4. The summed E-state index contributed by atoms with van der Waals surface area (Å²) < 4.78 is 24.8. The molecule has 286 valence electrons. The molecule has 10 nitrogen and oxygen atoms in total. The summed E-state index contributed by atoms with van der Waals surface area (Å²) in [6.07, 6.45) is -1.16. The molecule has 7 rings (SSSR count). The molecule has 6 aromatic rings. The number of oxazole rings is 1. The van der Waals surface area contributed by atoms with Crippen LogP contribution in [0.25, 0.3) is 22.6 Å². The highest BCUT2D eigenvalue weighted by atomic mass is 32.2. The van der Waals surface area contributed by atoms with Crippen molar-refractivity contribution in [3.8, 4) is 22.6 Å². The predicted molar refractivity (Wildman–Crippen MR) is 216 cm³/mol. The Labute approximate surface area is 330 Å². The van der Waals surface area contributed by atoms with E-state index in [1.807, 2.05) is 127 Å². The summed E-state index contributed by atoms with van der Waals surface area (Å²) in [7, 11) is 1.30. The molecule has 5 aromatic carbocycles. The third kappa shape index (κ3) is 9.38. The molecule has 0 spiro atoms. The molecule has 1 aliphatic rings. The number of ether oxygens (including phenoxy) is 3. The molecular formula is C45H43N3O7S. The second-order valence-electron chi connectivity index (χ2n) is 13.5. The van der Waals surface area contributed by atoms with Gasteiger partial charge in [-0.2, -0.15) is 0 Å². The Kier molecular flexibility index (Phi) is 12.6. The van der Waals surface area contributed by atoms with Crippen LogP contribution in [0.1, 0.15) is 41.6 Å². The van der Waals surface area contributed by atoms with Gasteiger partial charge in [0.1, 0.15) is 11.7 Å². The first-order chi connectivity index (χ1) is 27.4. The largest absolute Gasteiger partial charge is 0.467 e. The van der Waals surface area contributed by atoms with Gasteiger partial charge in [0.05, 0.1) is 25.9 Å². The van der Waals surface area contributed by atoms with Crippen molar-refractivity contribution in [1.29, 1.82) is 0 Å². The number of aromatic nitrogens is 1. The van der Waals surface area contributed by atoms with E-state index in [0.29, 0.717) is 28.0 Å². The molecule has 56 heavy (non-hydrogen) atoms. The molecule has 5 atom stereocenters. The molecule has 1 saturated heterocycles. The van der Waals surface area contributed by atoms with Gasteiger partial charge in [-0.3, -0.25) is 0 Å². The zero-order valence-corrected chi connectivity index (χ0v) is 31.9. The van der Waals surface area contributed by atoms with Crippen molar-refractivity contribution in [3.05, 3.63) is 162 Å². The van der Waals surface area contributed by atoms with E-state index < -0.39 is 24.3 Å². The normalized spacial score (nSPS) is 18.5. The van der Waals surface area contributed by atoms with Crippen molar-refractivity contribution in [3.63, 3.8) is 0 Å². The van der Waals surface area contributed by atoms with E-state index in [0.717, 1.165) is 33.5 Å². The number of aliphatic hydroxyl groups excluding tert-OH is 1. The van der Waals surface area contributed by atoms with Gasteiger partial charge in [0, 0.05) is 40.5 Å². The lowest BCUT2D eigenvalue weighted by molar-refractivity contribution is -0.268. The third-order valence-corrected chi connectivity index (χ3v) is 10.6. The van der Waals surface area contributed by atoms with E-state index >= 15 is 0 Å². The van der Waals surface area contributed by atoms with Gasteiger partial charge in [-0.15, -0.1) is 0 Å². The predicted octanol–water partition coefficient (Wildman–Crippen LogP) is 8.99. The van der Waals surface area contributed by atoms with Crippen LogP contribution >= 0.6 is 11.8 Å². The zero-order valence-electron chi connectivity index (χ0n) is 31.0. The summed E-state index contributed by atoms with van der Waals surface area (Å²) in [4.78, 5) is 30.7. The van der Waals surface area contributed by atoms with E-state index in [4.69, 9.17) is 23.6 Å². The van der Waals surface area contributed by atoms with Crippen molar-refractivity contribution >= 4 is 29.4 Å². The maximum atomic E-state index is 13.2. The number of nitrogens with one attached hydrogen (secondary N) is 2. The molecule has 11 heteroatoms. The van der Waals surface area contributed by atoms with Gasteiger partial charge >= 0.3 is 12.0 Å². The van der Waals surface area contributed by atoms with E-state index in [9.17, 15) is 14.7 Å². The number of esters is 1. The molecule has 1 fully saturated rings. The second-order valence-corrected chi connectivity index (χ2v) is 14.5. The highest BCUT2D eigenvalue weighted by Gasteiger charge is 2.39. The van der Waals surface area contributed by atoms with Gasteiger partial charge in [0.15, 0.2) is 12.1 Å². The number of aliphatic hydroxyl groups is 1. The van der Waals surface area contributed by atoms with Crippen LogP contribution in [0.2, 0.25) is 0 Å². The van der Waals surface area contributed by atoms with Crippen LogP contribution in [0.3, 0.4) is 0 Å². The van der Waals surface area contributed by atoms with Crippen LogP contribution in [-0.4, -0.2) is 47.1 Å². The van der Waals surface area contributed by atoms with Crippen LogP contribution in [-0.2, 0) is 32.0 Å². The van der Waals surface area contributed by atoms with Crippen LogP contribution in [0.5, 0.6) is 0 Å². The second kappa shape index (κ2) is 18.3. The minimum absolute atomic E-state index is 0.0571. The number of amides is 2. The van der Waals surface area contributed by atoms with E-state index in [2.05, 4.69) is 17.6 Å². The topological polar surface area (TPSA) is 132 Å². The fourth-order valence-corrected chi connectivity index (χ4v) is 7.66. The maximum Gasteiger partial charge on any atom is 0.328 e. The molecular weight excluding hydrogens is 727 g/mol. The lowest BCUT2D eigenvalue weighted by Gasteiger charge is -2.41. The monoisotopic (exact) mass is 769 g/mol. The molecule has 2 amide bonds. The summed E-state index contributed by atoms with van der Waals surface area (Å²) in [5, 5.41) is 15.8. The number of hydrogen-bond acceptors (Lipinski definition) is 9. The van der Waals surface area contributed by atoms with Gasteiger partial charge in [0.2, 0.25) is 0 Å². The number of carbonyl (C=O) groups is 2. The standard InChI is InChI=1S/C45H43N3O7S/c1-29-38(28-56-45-48-39(32-15-8-4-9-16-32)41(55-45)33-17-10-5-11-18-33)53-43(54-40(29)34-23-21-31(27-49)22-24-34)35-19-12-20-36(26-35)46-44(51)47-37(42(50)52-2)25-30-13-6-3-7-14-30/h3-24,26,29,37-38,40,43,49H,25,27-28H2,1-2H3,(H2,46,47,51)/t29-,37-,38+,40+,43+/m0/s1. The Balaban J connectivity index is 1.11. The lowest BCUT2D eigenvalue weighted by atomic mass is 9.91. The minimum Gasteiger partial charge on any atom is -0.467 e. The number of nitrogens with zero attached hydrogens (tertiary/aromatic N) is 1. The number of methoxy groups -OCH3 is 1. The first-order valence-corrected chi connectivity index (χ1v) is 19.4. The Bertz CT molecular complexity index is 2140. The van der Waals surface area contributed by atoms with Crippen molar-refractivity contribution in [2.75, 3.05) is 18.2 Å². The summed E-state index contributed by atoms with van der Waals surface area (Å²) in [5.41, 5.74) is 6.50. The van der Waals surface area contributed by atoms with Crippen molar-refractivity contribution in [1.82, 2.24) is 10.3 Å². The Hall–Kier alpha value is -5.72. The summed E-state index contributed by atoms with van der Waals surface area (Å²) in [5.74, 6) is 0.593. The summed E-state index contributed by atoms with van der Waals surface area (Å²) in [6.45, 7) is 2.04. The zero-order chi connectivity index (χ0) is 38.9. The Morgan fingerprint density at radius 1 is 0.804 bits per heavy atom. The van der Waals surface area contributed by atoms with Gasteiger partial charge < -0.3 is 34.4 Å². The highest BCUT2D eigenvalue weighted by molar-refractivity contribution is 7.99. The first kappa shape index (κ1) is 38.6. The van der Waals surface area contributed by atoms with Crippen molar-refractivity contribution in [2.24, 2.45) is 5.92 Å². The minimum atomic E-state index is -0.885. The Morgan fingerprint density at radius 3 is 2.16 bits per heavy atom. The number of anilines is 1. The molecule has 2 heterocycles. The van der Waals surface area contributed by atoms with E-state index in [1.54, 1.807) is 12.1 Å². The summed E-state index contributed by atoms with van der Waals surface area (Å²) in [6, 6.07) is 42.9. The number of thioether (sulfide) groups is 1. The number of carbonyl (C=O) groups excluding carboxylic acids is 2. The smallest absolute Gasteiger partial charge is 0.328 e. The van der Waals surface area contributed by atoms with E-state index in [-0.39, 0.29) is 31.2 Å². The van der Waals surface area contributed by atoms with E-state index in [1.165, 1.54) is 18.9 Å². The fourth-order valence-electron chi connectivity index (χ4n) is 6.68. The van der Waals surface area contributed by atoms with Crippen molar-refractivity contribution < 1.29 is 33.3 Å². The van der Waals surface area contributed by atoms with Gasteiger partial charge in [-0.1, -0.05) is 146 Å². The number of rotatable bonds is 13. The highest BCUT2D eigenvalue weighted by Crippen LogP contribution is 2.44. The molecule has 0 unspecified atom stereocenters. The molecule has 3 N–H and O–H groups in total. The maximum absolute atomic E-state index is 13.2. The van der Waals surface area contributed by atoms with Crippen LogP contribution in [0.15, 0.2) is 149 Å². The van der Waals surface area contributed by atoms with Crippen LogP contribution in [0.4, 0.5) is 10.5 Å². The fraction of sp³-hybridized carbons (Fsp3) is 0.222. The van der Waals surface area contributed by atoms with Gasteiger partial charge in [-0.25, -0.2) is 14.6 Å². The Morgan fingerprint density at radius 2 is 1.48 bits per heavy atom. The quantitative estimate of drug-likeness (QED) is 0.0778. The van der Waals surface area contributed by atoms with Gasteiger partial charge in [-0.05, 0) is 28.8 Å². The summed E-state index contributed by atoms with van der Waals surface area (Å²) >= 11 is 1.48. The molecule has 1 aromatic heterocycles. The van der Waals surface area contributed by atoms with Gasteiger partial charge in [0.25, 0.3) is 5.22 Å². The molecule has 1 aliphatic heterocycles. The van der Waals surface area contributed by atoms with Crippen LogP contribution in [0, 0.1) is 5.92 Å². The SMILES string of the molecule is COC(=O)[C@H](Cc1ccccc1)NC(=O)Nc1cccc([C@@H]2O[C@H](CSc3nc(-c4ccccc4)c(-c4ccccc4)o3)[C@H](C)[C@H](c3ccc(CO)cc3)O2)c1. The lowest BCUT2D eigenvalue weighted by Crippen LogP contribution is -2.45. The number of urea groups is 1. The average molecular weight is 770 g/mol. The third-order valence-electron chi connectivity index (χ3n) is 9.68. The number of benzene rings is 5.